The average molecular weight is 407 g/mol. The van der Waals surface area contributed by atoms with Crippen molar-refractivity contribution in [2.24, 2.45) is 0 Å². The first kappa shape index (κ1) is 19.3. The number of benzene rings is 1. The Morgan fingerprint density at radius 2 is 2.10 bits per heavy atom. The SMILES string of the molecule is C=CCn1c(SC(C)C(=O)c2c(C)[nH]c3ccccc23)nnc1-c1occc1C. The first-order valence-electron chi connectivity index (χ1n) is 9.38. The fraction of sp³-hybridized carbons (Fsp3) is 0.227. The molecule has 0 amide bonds. The molecule has 3 heterocycles. The minimum atomic E-state index is -0.328. The van der Waals surface area contributed by atoms with Gasteiger partial charge in [-0.15, -0.1) is 16.8 Å². The predicted molar refractivity (Wildman–Crippen MR) is 115 cm³/mol. The number of H-pyrrole nitrogens is 1. The number of hydrogen-bond acceptors (Lipinski definition) is 5. The van der Waals surface area contributed by atoms with Crippen LogP contribution in [0.3, 0.4) is 0 Å². The third-order valence-corrected chi connectivity index (χ3v) is 5.97. The molecule has 7 heteroatoms. The fourth-order valence-electron chi connectivity index (χ4n) is 3.45. The lowest BCUT2D eigenvalue weighted by Crippen LogP contribution is -2.15. The number of nitrogens with zero attached hydrogens (tertiary/aromatic N) is 3. The minimum Gasteiger partial charge on any atom is -0.461 e. The Bertz CT molecular complexity index is 1200. The van der Waals surface area contributed by atoms with Crippen molar-refractivity contribution in [3.8, 4) is 11.6 Å². The van der Waals surface area contributed by atoms with E-state index >= 15 is 0 Å². The highest BCUT2D eigenvalue weighted by molar-refractivity contribution is 8.00. The summed E-state index contributed by atoms with van der Waals surface area (Å²) in [6.45, 7) is 10.2. The first-order valence-corrected chi connectivity index (χ1v) is 10.3. The molecule has 0 fully saturated rings. The Morgan fingerprint density at radius 1 is 1.31 bits per heavy atom. The van der Waals surface area contributed by atoms with Gasteiger partial charge in [0.15, 0.2) is 16.7 Å². The number of ketones is 1. The van der Waals surface area contributed by atoms with Gasteiger partial charge in [0, 0.05) is 28.7 Å². The van der Waals surface area contributed by atoms with E-state index in [0.29, 0.717) is 23.3 Å². The van der Waals surface area contributed by atoms with Crippen molar-refractivity contribution in [3.63, 3.8) is 0 Å². The molecule has 0 aliphatic heterocycles. The van der Waals surface area contributed by atoms with E-state index in [-0.39, 0.29) is 11.0 Å². The molecule has 1 N–H and O–H groups in total. The third kappa shape index (κ3) is 3.42. The molecule has 6 nitrogen and oxygen atoms in total. The largest absolute Gasteiger partial charge is 0.461 e. The van der Waals surface area contributed by atoms with E-state index in [4.69, 9.17) is 4.42 Å². The van der Waals surface area contributed by atoms with Crippen LogP contribution in [0.5, 0.6) is 0 Å². The van der Waals surface area contributed by atoms with Crippen LogP contribution in [0.2, 0.25) is 0 Å². The van der Waals surface area contributed by atoms with Crippen LogP contribution in [-0.2, 0) is 6.54 Å². The van der Waals surface area contributed by atoms with E-state index in [0.717, 1.165) is 27.7 Å². The fourth-order valence-corrected chi connectivity index (χ4v) is 4.37. The summed E-state index contributed by atoms with van der Waals surface area (Å²) < 4.78 is 7.51. The van der Waals surface area contributed by atoms with Crippen LogP contribution in [0.1, 0.15) is 28.5 Å². The van der Waals surface area contributed by atoms with E-state index in [9.17, 15) is 4.79 Å². The van der Waals surface area contributed by atoms with Gasteiger partial charge in [0.1, 0.15) is 0 Å². The van der Waals surface area contributed by atoms with E-state index in [2.05, 4.69) is 21.8 Å². The van der Waals surface area contributed by atoms with Crippen LogP contribution in [0.4, 0.5) is 0 Å². The maximum Gasteiger partial charge on any atom is 0.201 e. The highest BCUT2D eigenvalue weighted by atomic mass is 32.2. The molecule has 0 aliphatic carbocycles. The molecule has 4 rings (SSSR count). The van der Waals surface area contributed by atoms with Gasteiger partial charge in [0.2, 0.25) is 5.82 Å². The summed E-state index contributed by atoms with van der Waals surface area (Å²) in [6, 6.07) is 9.75. The number of nitrogens with one attached hydrogen (secondary N) is 1. The van der Waals surface area contributed by atoms with Gasteiger partial charge in [-0.1, -0.05) is 36.0 Å². The predicted octanol–water partition coefficient (Wildman–Crippen LogP) is 5.19. The van der Waals surface area contributed by atoms with E-state index in [1.807, 2.05) is 55.7 Å². The van der Waals surface area contributed by atoms with Gasteiger partial charge in [-0.2, -0.15) is 0 Å². The number of rotatable bonds is 7. The summed E-state index contributed by atoms with van der Waals surface area (Å²) in [7, 11) is 0. The van der Waals surface area contributed by atoms with Gasteiger partial charge in [-0.3, -0.25) is 9.36 Å². The molecule has 148 valence electrons. The molecule has 0 spiro atoms. The van der Waals surface area contributed by atoms with Crippen LogP contribution >= 0.6 is 11.8 Å². The van der Waals surface area contributed by atoms with Crippen LogP contribution in [-0.4, -0.2) is 30.8 Å². The van der Waals surface area contributed by atoms with Crippen LogP contribution in [0, 0.1) is 13.8 Å². The lowest BCUT2D eigenvalue weighted by Gasteiger charge is -2.12. The van der Waals surface area contributed by atoms with E-state index in [1.165, 1.54) is 11.8 Å². The quantitative estimate of drug-likeness (QED) is 0.260. The molecule has 4 aromatic rings. The molecule has 3 aromatic heterocycles. The van der Waals surface area contributed by atoms with Crippen LogP contribution in [0.15, 0.2) is 58.8 Å². The number of fused-ring (bicyclic) bond motifs is 1. The number of allylic oxidation sites excluding steroid dienone is 1. The molecule has 29 heavy (non-hydrogen) atoms. The zero-order chi connectivity index (χ0) is 20.5. The highest BCUT2D eigenvalue weighted by Gasteiger charge is 2.25. The molecular weight excluding hydrogens is 384 g/mol. The average Bonchev–Trinajstić information content (AvgIpc) is 3.38. The maximum atomic E-state index is 13.3. The molecule has 1 atom stereocenters. The molecule has 0 aliphatic rings. The Balaban J connectivity index is 1.66. The Kier molecular flexibility index (Phi) is 5.15. The van der Waals surface area contributed by atoms with Gasteiger partial charge >= 0.3 is 0 Å². The number of carbonyl (C=O) groups is 1. The smallest absolute Gasteiger partial charge is 0.201 e. The molecule has 0 bridgehead atoms. The number of aromatic nitrogens is 4. The summed E-state index contributed by atoms with van der Waals surface area (Å²) in [5.74, 6) is 1.38. The second-order valence-electron chi connectivity index (χ2n) is 6.93. The normalized spacial score (nSPS) is 12.4. The van der Waals surface area contributed by atoms with Crippen LogP contribution < -0.4 is 0 Å². The summed E-state index contributed by atoms with van der Waals surface area (Å²) in [5, 5.41) is 9.92. The van der Waals surface area contributed by atoms with Crippen molar-refractivity contribution in [1.29, 1.82) is 0 Å². The number of aromatic amines is 1. The number of hydrogen-bond donors (Lipinski definition) is 1. The summed E-state index contributed by atoms with van der Waals surface area (Å²) in [4.78, 5) is 16.6. The van der Waals surface area contributed by atoms with Gasteiger partial charge in [0.25, 0.3) is 0 Å². The van der Waals surface area contributed by atoms with Crippen LogP contribution in [0.25, 0.3) is 22.5 Å². The zero-order valence-corrected chi connectivity index (χ0v) is 17.4. The second-order valence-corrected chi connectivity index (χ2v) is 8.24. The Hall–Kier alpha value is -3.06. The number of para-hydroxylation sites is 1. The Labute approximate surface area is 173 Å². The minimum absolute atomic E-state index is 0.0637. The van der Waals surface area contributed by atoms with Crippen molar-refractivity contribution in [2.45, 2.75) is 37.7 Å². The lowest BCUT2D eigenvalue weighted by atomic mass is 10.1. The van der Waals surface area contributed by atoms with Gasteiger partial charge in [-0.25, -0.2) is 0 Å². The summed E-state index contributed by atoms with van der Waals surface area (Å²) in [5.41, 5.74) is 3.56. The molecule has 0 saturated carbocycles. The molecular formula is C22H22N4O2S. The summed E-state index contributed by atoms with van der Waals surface area (Å²) >= 11 is 1.39. The molecule has 0 saturated heterocycles. The first-order chi connectivity index (χ1) is 14.0. The monoisotopic (exact) mass is 406 g/mol. The molecule has 1 aromatic carbocycles. The number of carbonyl (C=O) groups excluding carboxylic acids is 1. The maximum absolute atomic E-state index is 13.3. The van der Waals surface area contributed by atoms with Crippen molar-refractivity contribution in [3.05, 3.63) is 66.1 Å². The number of aryl methyl sites for hydroxylation is 2. The van der Waals surface area contributed by atoms with Crippen molar-refractivity contribution in [1.82, 2.24) is 19.7 Å². The zero-order valence-electron chi connectivity index (χ0n) is 16.6. The van der Waals surface area contributed by atoms with E-state index < -0.39 is 0 Å². The lowest BCUT2D eigenvalue weighted by molar-refractivity contribution is 0.0995. The number of Topliss-reactive ketones (excluding diaryl/α,β-unsaturated/α-hetero) is 1. The summed E-state index contributed by atoms with van der Waals surface area (Å²) in [6.07, 6.45) is 3.42. The standard InChI is InChI=1S/C22H22N4O2S/c1-5-11-26-21(20-13(2)10-12-28-20)24-25-22(26)29-15(4)19(27)18-14(3)23-17-9-7-6-8-16(17)18/h5-10,12,15,23H,1,11H2,2-4H3. The van der Waals surface area contributed by atoms with Gasteiger partial charge in [-0.05, 0) is 38.5 Å². The number of thioether (sulfide) groups is 1. The molecule has 1 unspecified atom stereocenters. The van der Waals surface area contributed by atoms with Gasteiger partial charge in [0.05, 0.1) is 11.5 Å². The van der Waals surface area contributed by atoms with Crippen molar-refractivity contribution < 1.29 is 9.21 Å². The molecule has 0 radical (unpaired) electrons. The van der Waals surface area contributed by atoms with Crippen molar-refractivity contribution >= 4 is 28.4 Å². The van der Waals surface area contributed by atoms with Gasteiger partial charge < -0.3 is 9.40 Å². The van der Waals surface area contributed by atoms with Crippen molar-refractivity contribution in [2.75, 3.05) is 0 Å². The van der Waals surface area contributed by atoms with E-state index in [1.54, 1.807) is 12.3 Å². The third-order valence-electron chi connectivity index (χ3n) is 4.89. The Morgan fingerprint density at radius 3 is 2.83 bits per heavy atom. The topological polar surface area (TPSA) is 76.7 Å². The second kappa shape index (κ2) is 7.75. The number of furan rings is 1. The highest BCUT2D eigenvalue weighted by Crippen LogP contribution is 2.32.